The maximum atomic E-state index is 11.9. The fourth-order valence-corrected chi connectivity index (χ4v) is 3.84. The summed E-state index contributed by atoms with van der Waals surface area (Å²) in [6.45, 7) is 6.46. The molecule has 0 bridgehead atoms. The molecule has 0 radical (unpaired) electrons. The summed E-state index contributed by atoms with van der Waals surface area (Å²) in [5, 5.41) is 0. The molecule has 0 spiro atoms. The average Bonchev–Trinajstić information content (AvgIpc) is 2.56. The zero-order valence-corrected chi connectivity index (χ0v) is 10.9. The van der Waals surface area contributed by atoms with E-state index in [0.29, 0.717) is 11.3 Å². The molecule has 0 aromatic carbocycles. The zero-order chi connectivity index (χ0) is 12.2. The first-order valence-corrected chi connectivity index (χ1v) is 6.59. The smallest absolute Gasteiger partial charge is 0.334 e. The summed E-state index contributed by atoms with van der Waals surface area (Å²) < 4.78 is 5.63. The summed E-state index contributed by atoms with van der Waals surface area (Å²) in [4.78, 5) is 11.9. The van der Waals surface area contributed by atoms with Crippen LogP contribution in [0.1, 0.15) is 46.5 Å². The van der Waals surface area contributed by atoms with E-state index in [1.165, 1.54) is 24.0 Å². The molecule has 1 saturated carbocycles. The van der Waals surface area contributed by atoms with Crippen LogP contribution in [0.5, 0.6) is 0 Å². The monoisotopic (exact) mass is 232 g/mol. The summed E-state index contributed by atoms with van der Waals surface area (Å²) in [6, 6.07) is 0. The van der Waals surface area contributed by atoms with E-state index in [-0.39, 0.29) is 12.1 Å². The number of esters is 1. The van der Waals surface area contributed by atoms with E-state index in [4.69, 9.17) is 4.74 Å². The molecule has 1 aliphatic heterocycles. The normalized spacial score (nSPS) is 40.6. The van der Waals surface area contributed by atoms with Crippen molar-refractivity contribution in [2.45, 2.75) is 52.6 Å². The van der Waals surface area contributed by atoms with Gasteiger partial charge < -0.3 is 4.74 Å². The van der Waals surface area contributed by atoms with Crippen molar-refractivity contribution in [2.75, 3.05) is 0 Å². The molecule has 3 rings (SSSR count). The van der Waals surface area contributed by atoms with Gasteiger partial charge in [0.1, 0.15) is 6.10 Å². The van der Waals surface area contributed by atoms with Gasteiger partial charge in [-0.1, -0.05) is 18.1 Å². The molecule has 92 valence electrons. The van der Waals surface area contributed by atoms with Crippen LogP contribution in [0.15, 0.2) is 22.8 Å². The van der Waals surface area contributed by atoms with Crippen molar-refractivity contribution in [1.82, 2.24) is 0 Å². The van der Waals surface area contributed by atoms with Crippen LogP contribution >= 0.6 is 0 Å². The second-order valence-corrected chi connectivity index (χ2v) is 6.16. The molecular formula is C15H20O2. The van der Waals surface area contributed by atoms with Crippen LogP contribution in [-0.4, -0.2) is 12.1 Å². The topological polar surface area (TPSA) is 26.3 Å². The molecule has 2 nitrogen and oxygen atoms in total. The molecule has 0 aromatic heterocycles. The predicted molar refractivity (Wildman–Crippen MR) is 66.4 cm³/mol. The summed E-state index contributed by atoms with van der Waals surface area (Å²) in [5.74, 6) is 0.342. The first-order valence-electron chi connectivity index (χ1n) is 6.59. The van der Waals surface area contributed by atoms with Crippen LogP contribution in [0, 0.1) is 11.3 Å². The van der Waals surface area contributed by atoms with Crippen LogP contribution < -0.4 is 0 Å². The van der Waals surface area contributed by atoms with Crippen LogP contribution in [0.3, 0.4) is 0 Å². The molecule has 17 heavy (non-hydrogen) atoms. The SMILES string of the molecule is CC1=C[C@H]2OC(=O)C(C)=C3CC[C@](C)(CC1)[C@H]32. The van der Waals surface area contributed by atoms with Gasteiger partial charge in [-0.25, -0.2) is 4.79 Å². The fraction of sp³-hybridized carbons (Fsp3) is 0.667. The minimum Gasteiger partial charge on any atom is -0.454 e. The van der Waals surface area contributed by atoms with Gasteiger partial charge in [0, 0.05) is 11.5 Å². The largest absolute Gasteiger partial charge is 0.454 e. The molecule has 0 N–H and O–H groups in total. The van der Waals surface area contributed by atoms with Gasteiger partial charge in [-0.3, -0.25) is 0 Å². The average molecular weight is 232 g/mol. The lowest BCUT2D eigenvalue weighted by molar-refractivity contribution is -0.147. The minimum absolute atomic E-state index is 0.00352. The lowest BCUT2D eigenvalue weighted by atomic mass is 9.72. The highest BCUT2D eigenvalue weighted by atomic mass is 16.5. The van der Waals surface area contributed by atoms with Crippen molar-refractivity contribution in [3.63, 3.8) is 0 Å². The molecule has 2 heteroatoms. The molecule has 0 amide bonds. The molecule has 0 unspecified atom stereocenters. The van der Waals surface area contributed by atoms with E-state index in [1.807, 2.05) is 6.92 Å². The number of carbonyl (C=O) groups excluding carboxylic acids is 1. The highest BCUT2D eigenvalue weighted by molar-refractivity contribution is 5.90. The highest BCUT2D eigenvalue weighted by Crippen LogP contribution is 2.56. The minimum atomic E-state index is -0.101. The molecule has 1 heterocycles. The Morgan fingerprint density at radius 1 is 1.29 bits per heavy atom. The van der Waals surface area contributed by atoms with Gasteiger partial charge in [-0.05, 0) is 51.0 Å². The van der Waals surface area contributed by atoms with Crippen LogP contribution in [0.2, 0.25) is 0 Å². The number of ether oxygens (including phenoxy) is 1. The Balaban J connectivity index is 2.13. The number of carbonyl (C=O) groups is 1. The van der Waals surface area contributed by atoms with Gasteiger partial charge >= 0.3 is 5.97 Å². The molecule has 0 aromatic rings. The number of rotatable bonds is 0. The Morgan fingerprint density at radius 3 is 2.76 bits per heavy atom. The van der Waals surface area contributed by atoms with E-state index in [2.05, 4.69) is 19.9 Å². The van der Waals surface area contributed by atoms with E-state index < -0.39 is 0 Å². The van der Waals surface area contributed by atoms with Crippen molar-refractivity contribution in [3.05, 3.63) is 22.8 Å². The van der Waals surface area contributed by atoms with E-state index in [9.17, 15) is 4.79 Å². The van der Waals surface area contributed by atoms with E-state index >= 15 is 0 Å². The van der Waals surface area contributed by atoms with Gasteiger partial charge in [0.2, 0.25) is 0 Å². The third-order valence-electron chi connectivity index (χ3n) is 4.99. The van der Waals surface area contributed by atoms with E-state index in [0.717, 1.165) is 18.4 Å². The summed E-state index contributed by atoms with van der Waals surface area (Å²) in [7, 11) is 0. The molecule has 1 fully saturated rings. The fourth-order valence-electron chi connectivity index (χ4n) is 3.84. The summed E-state index contributed by atoms with van der Waals surface area (Å²) in [5.41, 5.74) is 3.95. The lowest BCUT2D eigenvalue weighted by Crippen LogP contribution is -2.38. The number of hydrogen-bond donors (Lipinski definition) is 0. The van der Waals surface area contributed by atoms with Crippen LogP contribution in [0.4, 0.5) is 0 Å². The molecule has 3 atom stereocenters. The Labute approximate surface area is 103 Å². The lowest BCUT2D eigenvalue weighted by Gasteiger charge is -2.37. The predicted octanol–water partition coefficient (Wildman–Crippen LogP) is 3.38. The number of hydrogen-bond acceptors (Lipinski definition) is 2. The first kappa shape index (κ1) is 11.1. The third kappa shape index (κ3) is 1.50. The molecular weight excluding hydrogens is 212 g/mol. The second-order valence-electron chi connectivity index (χ2n) is 6.16. The van der Waals surface area contributed by atoms with Gasteiger partial charge in [0.25, 0.3) is 0 Å². The Bertz CT molecular complexity index is 444. The molecule has 3 aliphatic rings. The van der Waals surface area contributed by atoms with Crippen molar-refractivity contribution in [2.24, 2.45) is 11.3 Å². The van der Waals surface area contributed by atoms with Gasteiger partial charge in [-0.2, -0.15) is 0 Å². The summed E-state index contributed by atoms with van der Waals surface area (Å²) >= 11 is 0. The summed E-state index contributed by atoms with van der Waals surface area (Å²) in [6.07, 6.45) is 6.85. The zero-order valence-electron chi connectivity index (χ0n) is 10.9. The quantitative estimate of drug-likeness (QED) is 0.472. The van der Waals surface area contributed by atoms with Gasteiger partial charge in [-0.15, -0.1) is 0 Å². The van der Waals surface area contributed by atoms with Crippen molar-refractivity contribution in [3.8, 4) is 0 Å². The third-order valence-corrected chi connectivity index (χ3v) is 4.99. The molecule has 0 saturated heterocycles. The maximum Gasteiger partial charge on any atom is 0.334 e. The van der Waals surface area contributed by atoms with Gasteiger partial charge in [0.05, 0.1) is 0 Å². The second kappa shape index (κ2) is 3.47. The Hall–Kier alpha value is -1.05. The Kier molecular flexibility index (Phi) is 2.26. The van der Waals surface area contributed by atoms with Crippen LogP contribution in [-0.2, 0) is 9.53 Å². The maximum absolute atomic E-state index is 11.9. The first-order chi connectivity index (χ1) is 8.01. The molecule has 2 aliphatic carbocycles. The van der Waals surface area contributed by atoms with Crippen molar-refractivity contribution < 1.29 is 9.53 Å². The van der Waals surface area contributed by atoms with Gasteiger partial charge in [0.15, 0.2) is 0 Å². The van der Waals surface area contributed by atoms with Crippen molar-refractivity contribution in [1.29, 1.82) is 0 Å². The standard InChI is InChI=1S/C15H20O2/c1-9-4-6-15(3)7-5-11-10(2)14(16)17-12(8-9)13(11)15/h8,12-13H,4-7H2,1-3H3/t12-,13-,15+/m1/s1. The Morgan fingerprint density at radius 2 is 2.00 bits per heavy atom. The number of allylic oxidation sites excluding steroid dienone is 1. The highest BCUT2D eigenvalue weighted by Gasteiger charge is 2.50. The van der Waals surface area contributed by atoms with Crippen molar-refractivity contribution >= 4 is 5.97 Å². The van der Waals surface area contributed by atoms with Crippen LogP contribution in [0.25, 0.3) is 0 Å². The van der Waals surface area contributed by atoms with E-state index in [1.54, 1.807) is 0 Å².